The largest absolute Gasteiger partial charge is 0.573 e. The Morgan fingerprint density at radius 1 is 1.39 bits per heavy atom. The number of amides is 1. The lowest BCUT2D eigenvalue weighted by Crippen LogP contribution is -2.24. The van der Waals surface area contributed by atoms with Gasteiger partial charge in [0.25, 0.3) is 0 Å². The Kier molecular flexibility index (Phi) is 5.30. The summed E-state index contributed by atoms with van der Waals surface area (Å²) in [5.74, 6) is -0.973. The van der Waals surface area contributed by atoms with E-state index in [9.17, 15) is 18.0 Å². The summed E-state index contributed by atoms with van der Waals surface area (Å²) < 4.78 is 42.4. The summed E-state index contributed by atoms with van der Waals surface area (Å²) in [5, 5.41) is 6.69. The van der Waals surface area contributed by atoms with E-state index < -0.39 is 6.36 Å². The van der Waals surface area contributed by atoms with Crippen LogP contribution in [0.3, 0.4) is 0 Å². The van der Waals surface area contributed by atoms with Crippen LogP contribution in [0, 0.1) is 5.92 Å². The molecule has 1 heterocycles. The van der Waals surface area contributed by atoms with E-state index in [-0.39, 0.29) is 17.6 Å². The van der Waals surface area contributed by atoms with E-state index in [1.54, 1.807) is 24.0 Å². The predicted octanol–water partition coefficient (Wildman–Crippen LogP) is 3.82. The molecule has 2 rings (SSSR count). The van der Waals surface area contributed by atoms with Gasteiger partial charge in [-0.15, -0.1) is 13.2 Å². The van der Waals surface area contributed by atoms with Gasteiger partial charge in [0.15, 0.2) is 0 Å². The van der Waals surface area contributed by atoms with Crippen LogP contribution < -0.4 is 10.1 Å². The molecule has 0 fully saturated rings. The molecule has 124 valence electrons. The fraction of sp³-hybridized carbons (Fsp3) is 0.286. The molecule has 1 atom stereocenters. The second-order valence-electron chi connectivity index (χ2n) is 4.84. The molecule has 0 aliphatic carbocycles. The van der Waals surface area contributed by atoms with Crippen molar-refractivity contribution in [2.45, 2.75) is 19.8 Å². The molecule has 0 bridgehead atoms. The Morgan fingerprint density at radius 2 is 2.04 bits per heavy atom. The van der Waals surface area contributed by atoms with Crippen molar-refractivity contribution in [1.82, 2.24) is 9.78 Å². The quantitative estimate of drug-likeness (QED) is 0.842. The zero-order chi connectivity index (χ0) is 17.0. The summed E-state index contributed by atoms with van der Waals surface area (Å²) in [7, 11) is 0. The van der Waals surface area contributed by atoms with Crippen LogP contribution in [0.2, 0.25) is 0 Å². The highest BCUT2D eigenvalue weighted by atomic mass is 79.9. The first-order valence-electron chi connectivity index (χ1n) is 6.57. The normalized spacial score (nSPS) is 12.7. The minimum atomic E-state index is -4.74. The van der Waals surface area contributed by atoms with Gasteiger partial charge in [-0.3, -0.25) is 9.48 Å². The number of ether oxygens (including phenoxy) is 1. The molecule has 1 N–H and O–H groups in total. The van der Waals surface area contributed by atoms with Crippen molar-refractivity contribution in [2.24, 2.45) is 5.92 Å². The summed E-state index contributed by atoms with van der Waals surface area (Å²) in [5.41, 5.74) is 0.387. The Morgan fingerprint density at radius 3 is 2.57 bits per heavy atom. The number of anilines is 1. The number of rotatable bonds is 5. The van der Waals surface area contributed by atoms with E-state index in [1.165, 1.54) is 12.1 Å². The number of carbonyl (C=O) groups is 1. The van der Waals surface area contributed by atoms with Crippen molar-refractivity contribution in [2.75, 3.05) is 5.32 Å². The summed E-state index contributed by atoms with van der Waals surface area (Å²) in [6.07, 6.45) is -1.38. The highest BCUT2D eigenvalue weighted by Crippen LogP contribution is 2.24. The van der Waals surface area contributed by atoms with Gasteiger partial charge < -0.3 is 10.1 Å². The van der Waals surface area contributed by atoms with Crippen LogP contribution in [-0.2, 0) is 11.3 Å². The van der Waals surface area contributed by atoms with Gasteiger partial charge in [0.1, 0.15) is 5.75 Å². The summed E-state index contributed by atoms with van der Waals surface area (Å²) in [6.45, 7) is 2.11. The number of hydrogen-bond donors (Lipinski definition) is 1. The van der Waals surface area contributed by atoms with Crippen LogP contribution in [0.4, 0.5) is 18.9 Å². The van der Waals surface area contributed by atoms with Crippen molar-refractivity contribution in [3.05, 3.63) is 41.1 Å². The molecular weight excluding hydrogens is 379 g/mol. The van der Waals surface area contributed by atoms with Crippen LogP contribution in [0.15, 0.2) is 41.1 Å². The van der Waals surface area contributed by atoms with E-state index in [4.69, 9.17) is 0 Å². The molecule has 0 saturated heterocycles. The zero-order valence-corrected chi connectivity index (χ0v) is 13.6. The van der Waals surface area contributed by atoms with E-state index in [0.29, 0.717) is 12.2 Å². The standard InChI is InChI=1S/C14H13BrF3N3O2/c1-9(7-21-8-10(15)6-19-21)13(22)20-11-2-4-12(5-3-11)23-14(16,17)18/h2-6,8-9H,7H2,1H3,(H,20,22). The van der Waals surface area contributed by atoms with E-state index in [0.717, 1.165) is 16.6 Å². The van der Waals surface area contributed by atoms with Gasteiger partial charge in [0.2, 0.25) is 5.91 Å². The Bertz CT molecular complexity index is 671. The molecule has 1 unspecified atom stereocenters. The lowest BCUT2D eigenvalue weighted by Gasteiger charge is -2.13. The fourth-order valence-electron chi connectivity index (χ4n) is 1.81. The molecule has 0 aliphatic heterocycles. The van der Waals surface area contributed by atoms with Crippen LogP contribution >= 0.6 is 15.9 Å². The number of benzene rings is 1. The van der Waals surface area contributed by atoms with Crippen molar-refractivity contribution in [3.63, 3.8) is 0 Å². The predicted molar refractivity (Wildman–Crippen MR) is 80.8 cm³/mol. The first-order chi connectivity index (χ1) is 10.7. The van der Waals surface area contributed by atoms with E-state index >= 15 is 0 Å². The molecule has 0 aliphatic rings. The van der Waals surface area contributed by atoms with Gasteiger partial charge in [0, 0.05) is 11.9 Å². The monoisotopic (exact) mass is 391 g/mol. The summed E-state index contributed by atoms with van der Waals surface area (Å²) >= 11 is 3.26. The van der Waals surface area contributed by atoms with Crippen LogP contribution in [-0.4, -0.2) is 22.1 Å². The number of halogens is 4. The summed E-state index contributed by atoms with van der Waals surface area (Å²) in [4.78, 5) is 12.1. The van der Waals surface area contributed by atoms with Gasteiger partial charge in [-0.1, -0.05) is 6.92 Å². The second kappa shape index (κ2) is 7.03. The molecule has 1 amide bonds. The number of aromatic nitrogens is 2. The average molecular weight is 392 g/mol. The minimum absolute atomic E-state index is 0.263. The van der Waals surface area contributed by atoms with Crippen molar-refractivity contribution >= 4 is 27.5 Å². The lowest BCUT2D eigenvalue weighted by molar-refractivity contribution is -0.274. The number of carbonyl (C=O) groups excluding carboxylic acids is 1. The Labute approximate surface area is 138 Å². The molecule has 9 heteroatoms. The molecule has 2 aromatic rings. The molecule has 1 aromatic carbocycles. The van der Waals surface area contributed by atoms with Crippen LogP contribution in [0.5, 0.6) is 5.75 Å². The van der Waals surface area contributed by atoms with E-state index in [1.807, 2.05) is 0 Å². The van der Waals surface area contributed by atoms with Gasteiger partial charge >= 0.3 is 6.36 Å². The van der Waals surface area contributed by atoms with Gasteiger partial charge in [-0.25, -0.2) is 0 Å². The maximum atomic E-state index is 12.1. The fourth-order valence-corrected chi connectivity index (χ4v) is 2.14. The minimum Gasteiger partial charge on any atom is -0.406 e. The Balaban J connectivity index is 1.91. The molecule has 5 nitrogen and oxygen atoms in total. The molecule has 23 heavy (non-hydrogen) atoms. The van der Waals surface area contributed by atoms with Crippen molar-refractivity contribution < 1.29 is 22.7 Å². The van der Waals surface area contributed by atoms with Crippen molar-refractivity contribution in [3.8, 4) is 5.75 Å². The molecule has 0 saturated carbocycles. The molecular formula is C14H13BrF3N3O2. The lowest BCUT2D eigenvalue weighted by atomic mass is 10.1. The number of nitrogens with zero attached hydrogens (tertiary/aromatic N) is 2. The highest BCUT2D eigenvalue weighted by Gasteiger charge is 2.31. The maximum Gasteiger partial charge on any atom is 0.573 e. The number of alkyl halides is 3. The zero-order valence-electron chi connectivity index (χ0n) is 12.0. The Hall–Kier alpha value is -2.03. The topological polar surface area (TPSA) is 56.2 Å². The summed E-state index contributed by atoms with van der Waals surface area (Å²) in [6, 6.07) is 4.96. The first kappa shape index (κ1) is 17.3. The smallest absolute Gasteiger partial charge is 0.406 e. The third-order valence-electron chi connectivity index (χ3n) is 2.87. The third-order valence-corrected chi connectivity index (χ3v) is 3.28. The molecule has 0 radical (unpaired) electrons. The van der Waals surface area contributed by atoms with E-state index in [2.05, 4.69) is 31.1 Å². The van der Waals surface area contributed by atoms with Gasteiger partial charge in [-0.2, -0.15) is 5.10 Å². The second-order valence-corrected chi connectivity index (χ2v) is 5.76. The SMILES string of the molecule is CC(Cn1cc(Br)cn1)C(=O)Nc1ccc(OC(F)(F)F)cc1. The maximum absolute atomic E-state index is 12.1. The van der Waals surface area contributed by atoms with Crippen LogP contribution in [0.25, 0.3) is 0 Å². The van der Waals surface area contributed by atoms with Crippen molar-refractivity contribution in [1.29, 1.82) is 0 Å². The number of nitrogens with one attached hydrogen (secondary N) is 1. The first-order valence-corrected chi connectivity index (χ1v) is 7.37. The molecule has 0 spiro atoms. The number of hydrogen-bond acceptors (Lipinski definition) is 3. The van der Waals surface area contributed by atoms with Gasteiger partial charge in [-0.05, 0) is 40.2 Å². The van der Waals surface area contributed by atoms with Gasteiger partial charge in [0.05, 0.1) is 23.1 Å². The highest BCUT2D eigenvalue weighted by molar-refractivity contribution is 9.10. The average Bonchev–Trinajstić information content (AvgIpc) is 2.84. The third kappa shape index (κ3) is 5.59. The van der Waals surface area contributed by atoms with Crippen LogP contribution in [0.1, 0.15) is 6.92 Å². The molecule has 1 aromatic heterocycles.